The highest BCUT2D eigenvalue weighted by Gasteiger charge is 2.13. The van der Waals surface area contributed by atoms with Gasteiger partial charge in [0.1, 0.15) is 0 Å². The van der Waals surface area contributed by atoms with E-state index in [9.17, 15) is 4.79 Å². The first-order chi connectivity index (χ1) is 6.50. The summed E-state index contributed by atoms with van der Waals surface area (Å²) in [4.78, 5) is 14.7. The van der Waals surface area contributed by atoms with Gasteiger partial charge in [-0.25, -0.2) is 0 Å². The fraction of sp³-hybridized carbons (Fsp3) is 0.400. The molecule has 0 amide bonds. The molecule has 14 heavy (non-hydrogen) atoms. The molecule has 0 aromatic carbocycles. The average molecular weight is 194 g/mol. The second-order valence-electron chi connectivity index (χ2n) is 3.33. The summed E-state index contributed by atoms with van der Waals surface area (Å²) >= 11 is 0. The molecule has 0 bridgehead atoms. The molecule has 76 valence electrons. The summed E-state index contributed by atoms with van der Waals surface area (Å²) in [6.07, 6.45) is -0.0639. The summed E-state index contributed by atoms with van der Waals surface area (Å²) in [5.41, 5.74) is 8.25. The van der Waals surface area contributed by atoms with Gasteiger partial charge < -0.3 is 10.8 Å². The van der Waals surface area contributed by atoms with Crippen molar-refractivity contribution in [3.63, 3.8) is 0 Å². The van der Waals surface area contributed by atoms with Crippen molar-refractivity contribution in [2.45, 2.75) is 26.3 Å². The molecule has 1 rings (SSSR count). The number of carboxylic acids is 1. The van der Waals surface area contributed by atoms with E-state index in [2.05, 4.69) is 4.98 Å². The van der Waals surface area contributed by atoms with Crippen LogP contribution in [0.1, 0.15) is 29.4 Å². The van der Waals surface area contributed by atoms with Crippen LogP contribution in [-0.4, -0.2) is 16.1 Å². The molecule has 1 atom stereocenters. The number of nitrogens with zero attached hydrogens (tertiary/aromatic N) is 1. The van der Waals surface area contributed by atoms with Crippen molar-refractivity contribution in [1.29, 1.82) is 0 Å². The van der Waals surface area contributed by atoms with Gasteiger partial charge in [-0.05, 0) is 25.5 Å². The first kappa shape index (κ1) is 10.7. The van der Waals surface area contributed by atoms with E-state index in [-0.39, 0.29) is 6.42 Å². The molecule has 0 fully saturated rings. The van der Waals surface area contributed by atoms with E-state index in [0.29, 0.717) is 0 Å². The Kier molecular flexibility index (Phi) is 3.19. The van der Waals surface area contributed by atoms with Gasteiger partial charge in [0.25, 0.3) is 0 Å². The molecular weight excluding hydrogens is 180 g/mol. The van der Waals surface area contributed by atoms with Crippen LogP contribution in [-0.2, 0) is 4.79 Å². The van der Waals surface area contributed by atoms with Crippen LogP contribution in [0.15, 0.2) is 12.1 Å². The third kappa shape index (κ3) is 2.53. The van der Waals surface area contributed by atoms with E-state index in [1.165, 1.54) is 0 Å². The summed E-state index contributed by atoms with van der Waals surface area (Å²) in [5, 5.41) is 8.59. The number of rotatable bonds is 3. The van der Waals surface area contributed by atoms with Gasteiger partial charge in [0.2, 0.25) is 0 Å². The molecule has 0 aliphatic heterocycles. The van der Waals surface area contributed by atoms with Gasteiger partial charge in [0.15, 0.2) is 0 Å². The molecule has 0 radical (unpaired) electrons. The zero-order chi connectivity index (χ0) is 10.7. The first-order valence-electron chi connectivity index (χ1n) is 4.42. The van der Waals surface area contributed by atoms with Crippen LogP contribution in [0.4, 0.5) is 0 Å². The van der Waals surface area contributed by atoms with Crippen LogP contribution < -0.4 is 5.73 Å². The molecule has 4 nitrogen and oxygen atoms in total. The number of hydrogen-bond acceptors (Lipinski definition) is 3. The Labute approximate surface area is 82.8 Å². The summed E-state index contributed by atoms with van der Waals surface area (Å²) in [5.74, 6) is -0.891. The maximum Gasteiger partial charge on any atom is 0.305 e. The fourth-order valence-corrected chi connectivity index (χ4v) is 1.39. The van der Waals surface area contributed by atoms with Crippen molar-refractivity contribution in [2.75, 3.05) is 0 Å². The predicted molar refractivity (Wildman–Crippen MR) is 52.9 cm³/mol. The molecule has 1 heterocycles. The van der Waals surface area contributed by atoms with Crippen LogP contribution in [0.3, 0.4) is 0 Å². The van der Waals surface area contributed by atoms with Crippen molar-refractivity contribution in [3.05, 3.63) is 29.1 Å². The number of aromatic nitrogens is 1. The van der Waals surface area contributed by atoms with E-state index < -0.39 is 12.0 Å². The standard InChI is InChI=1S/C10H14N2O2/c1-6-3-4-8(7(2)12-6)9(11)5-10(13)14/h3-4,9H,5,11H2,1-2H3,(H,13,14)/t9-/m1/s1. The lowest BCUT2D eigenvalue weighted by molar-refractivity contribution is -0.137. The minimum atomic E-state index is -0.891. The minimum Gasteiger partial charge on any atom is -0.481 e. The summed E-state index contributed by atoms with van der Waals surface area (Å²) < 4.78 is 0. The third-order valence-corrected chi connectivity index (χ3v) is 2.06. The molecule has 4 heteroatoms. The Bertz CT molecular complexity index is 350. The number of pyridine rings is 1. The predicted octanol–water partition coefficient (Wildman–Crippen LogP) is 1.17. The molecule has 0 saturated carbocycles. The Morgan fingerprint density at radius 3 is 2.71 bits per heavy atom. The highest BCUT2D eigenvalue weighted by molar-refractivity contribution is 5.67. The normalized spacial score (nSPS) is 12.5. The lowest BCUT2D eigenvalue weighted by Gasteiger charge is -2.11. The topological polar surface area (TPSA) is 76.2 Å². The van der Waals surface area contributed by atoms with Gasteiger partial charge in [0, 0.05) is 17.4 Å². The Morgan fingerprint density at radius 1 is 1.57 bits per heavy atom. The van der Waals surface area contributed by atoms with Crippen molar-refractivity contribution in [1.82, 2.24) is 4.98 Å². The SMILES string of the molecule is Cc1ccc([C@H](N)CC(=O)O)c(C)n1. The lowest BCUT2D eigenvalue weighted by atomic mass is 10.0. The zero-order valence-corrected chi connectivity index (χ0v) is 8.32. The molecular formula is C10H14N2O2. The molecule has 3 N–H and O–H groups in total. The van der Waals surface area contributed by atoms with Gasteiger partial charge >= 0.3 is 5.97 Å². The van der Waals surface area contributed by atoms with E-state index in [0.717, 1.165) is 17.0 Å². The summed E-state index contributed by atoms with van der Waals surface area (Å²) in [6, 6.07) is 3.20. The van der Waals surface area contributed by atoms with E-state index in [1.54, 1.807) is 0 Å². The van der Waals surface area contributed by atoms with Crippen molar-refractivity contribution in [2.24, 2.45) is 5.73 Å². The van der Waals surface area contributed by atoms with Gasteiger partial charge in [-0.3, -0.25) is 9.78 Å². The Hall–Kier alpha value is -1.42. The van der Waals surface area contributed by atoms with E-state index in [4.69, 9.17) is 10.8 Å². The molecule has 0 aliphatic rings. The van der Waals surface area contributed by atoms with Gasteiger partial charge in [0.05, 0.1) is 6.42 Å². The van der Waals surface area contributed by atoms with Crippen LogP contribution in [0.2, 0.25) is 0 Å². The first-order valence-corrected chi connectivity index (χ1v) is 4.42. The smallest absolute Gasteiger partial charge is 0.305 e. The minimum absolute atomic E-state index is 0.0639. The number of carboxylic acid groups (broad SMARTS) is 1. The molecule has 0 spiro atoms. The van der Waals surface area contributed by atoms with Crippen LogP contribution in [0, 0.1) is 13.8 Å². The highest BCUT2D eigenvalue weighted by atomic mass is 16.4. The van der Waals surface area contributed by atoms with Crippen LogP contribution in [0.5, 0.6) is 0 Å². The summed E-state index contributed by atoms with van der Waals surface area (Å²) in [7, 11) is 0. The Balaban J connectivity index is 2.90. The summed E-state index contributed by atoms with van der Waals surface area (Å²) in [6.45, 7) is 3.73. The fourth-order valence-electron chi connectivity index (χ4n) is 1.39. The van der Waals surface area contributed by atoms with E-state index in [1.807, 2.05) is 26.0 Å². The maximum absolute atomic E-state index is 10.5. The second-order valence-corrected chi connectivity index (χ2v) is 3.33. The van der Waals surface area contributed by atoms with Gasteiger partial charge in [-0.1, -0.05) is 6.07 Å². The number of aliphatic carboxylic acids is 1. The zero-order valence-electron chi connectivity index (χ0n) is 8.32. The number of nitrogens with two attached hydrogens (primary N) is 1. The molecule has 0 saturated heterocycles. The van der Waals surface area contributed by atoms with Gasteiger partial charge in [-0.15, -0.1) is 0 Å². The molecule has 1 aromatic heterocycles. The third-order valence-electron chi connectivity index (χ3n) is 2.06. The molecule has 0 aliphatic carbocycles. The van der Waals surface area contributed by atoms with Crippen molar-refractivity contribution < 1.29 is 9.90 Å². The largest absolute Gasteiger partial charge is 0.481 e. The molecule has 0 unspecified atom stereocenters. The highest BCUT2D eigenvalue weighted by Crippen LogP contribution is 2.17. The monoisotopic (exact) mass is 194 g/mol. The van der Waals surface area contributed by atoms with Crippen molar-refractivity contribution in [3.8, 4) is 0 Å². The number of hydrogen-bond donors (Lipinski definition) is 2. The van der Waals surface area contributed by atoms with Gasteiger partial charge in [-0.2, -0.15) is 0 Å². The maximum atomic E-state index is 10.5. The average Bonchev–Trinajstić information content (AvgIpc) is 2.01. The number of aryl methyl sites for hydroxylation is 2. The van der Waals surface area contributed by atoms with Crippen molar-refractivity contribution >= 4 is 5.97 Å². The second kappa shape index (κ2) is 4.19. The molecule has 1 aromatic rings. The van der Waals surface area contributed by atoms with Crippen LogP contribution >= 0.6 is 0 Å². The lowest BCUT2D eigenvalue weighted by Crippen LogP contribution is -2.16. The van der Waals surface area contributed by atoms with Crippen LogP contribution in [0.25, 0.3) is 0 Å². The Morgan fingerprint density at radius 2 is 2.21 bits per heavy atom. The quantitative estimate of drug-likeness (QED) is 0.757. The number of carbonyl (C=O) groups is 1. The van der Waals surface area contributed by atoms with E-state index >= 15 is 0 Å².